The maximum absolute atomic E-state index is 12.8. The highest BCUT2D eigenvalue weighted by molar-refractivity contribution is 6.01. The Bertz CT molecular complexity index is 986. The lowest BCUT2D eigenvalue weighted by molar-refractivity contribution is -0.118. The lowest BCUT2D eigenvalue weighted by atomic mass is 10.0. The van der Waals surface area contributed by atoms with E-state index in [2.05, 4.69) is 5.10 Å². The Balaban J connectivity index is 2.00. The predicted molar refractivity (Wildman–Crippen MR) is 115 cm³/mol. The summed E-state index contributed by atoms with van der Waals surface area (Å²) in [6.45, 7) is 6.04. The van der Waals surface area contributed by atoms with Gasteiger partial charge in [-0.05, 0) is 38.5 Å². The molecule has 0 fully saturated rings. The van der Waals surface area contributed by atoms with Crippen LogP contribution in [0.2, 0.25) is 0 Å². The summed E-state index contributed by atoms with van der Waals surface area (Å²) in [4.78, 5) is 39.2. The van der Waals surface area contributed by atoms with Gasteiger partial charge in [-0.3, -0.25) is 19.3 Å². The molecule has 1 aliphatic heterocycles. The average molecular weight is 429 g/mol. The molecule has 0 radical (unpaired) electrons. The van der Waals surface area contributed by atoms with E-state index in [1.165, 1.54) is 16.9 Å². The minimum atomic E-state index is -0.502. The van der Waals surface area contributed by atoms with Gasteiger partial charge in [-0.15, -0.1) is 0 Å². The predicted octanol–water partition coefficient (Wildman–Crippen LogP) is 2.75. The number of aromatic nitrogens is 2. The Morgan fingerprint density at radius 3 is 2.58 bits per heavy atom. The van der Waals surface area contributed by atoms with E-state index in [4.69, 9.17) is 15.2 Å². The number of amides is 3. The quantitative estimate of drug-likeness (QED) is 0.780. The number of hydrogen-bond donors (Lipinski definition) is 1. The fraction of sp³-hybridized carbons (Fsp3) is 0.429. The average Bonchev–Trinajstić information content (AvgIpc) is 3.19. The number of nitrogens with zero attached hydrogens (tertiary/aromatic N) is 4. The zero-order valence-electron chi connectivity index (χ0n) is 18.1. The summed E-state index contributed by atoms with van der Waals surface area (Å²) in [6.07, 6.45) is 2.39. The molecule has 1 aliphatic rings. The van der Waals surface area contributed by atoms with E-state index in [1.807, 2.05) is 19.1 Å². The van der Waals surface area contributed by atoms with Crippen molar-refractivity contribution in [2.24, 2.45) is 5.73 Å². The van der Waals surface area contributed by atoms with E-state index in [0.717, 1.165) is 11.1 Å². The second kappa shape index (κ2) is 9.07. The van der Waals surface area contributed by atoms with Gasteiger partial charge < -0.3 is 15.2 Å². The van der Waals surface area contributed by atoms with Gasteiger partial charge in [0.2, 0.25) is 5.91 Å². The maximum Gasteiger partial charge on any atom is 0.414 e. The van der Waals surface area contributed by atoms with E-state index < -0.39 is 18.1 Å². The van der Waals surface area contributed by atoms with Crippen LogP contribution in [0.1, 0.15) is 27.2 Å². The molecule has 0 bridgehead atoms. The summed E-state index contributed by atoms with van der Waals surface area (Å²) in [5.41, 5.74) is 7.89. The first kappa shape index (κ1) is 22.1. The Hall–Kier alpha value is -3.56. The Morgan fingerprint density at radius 2 is 1.94 bits per heavy atom. The van der Waals surface area contributed by atoms with Crippen LogP contribution < -0.4 is 15.5 Å². The van der Waals surface area contributed by atoms with Crippen LogP contribution in [-0.2, 0) is 20.8 Å². The van der Waals surface area contributed by atoms with Crippen LogP contribution in [-0.4, -0.2) is 53.7 Å². The molecule has 10 nitrogen and oxygen atoms in total. The molecular formula is C21H27N5O5. The minimum absolute atomic E-state index is 0.187. The Kier molecular flexibility index (Phi) is 6.47. The number of primary amides is 1. The van der Waals surface area contributed by atoms with Crippen molar-refractivity contribution in [2.45, 2.75) is 45.9 Å². The molecule has 2 heterocycles. The second-order valence-electron chi connectivity index (χ2n) is 7.64. The van der Waals surface area contributed by atoms with Crippen molar-refractivity contribution in [3.63, 3.8) is 0 Å². The molecule has 0 saturated heterocycles. The second-order valence-corrected chi connectivity index (χ2v) is 7.64. The largest absolute Gasteiger partial charge is 0.452 e. The van der Waals surface area contributed by atoms with Crippen LogP contribution in [0.4, 0.5) is 21.0 Å². The first-order valence-electron chi connectivity index (χ1n) is 10.0. The normalized spacial score (nSPS) is 15.6. The molecule has 2 aromatic rings. The zero-order chi connectivity index (χ0) is 22.7. The van der Waals surface area contributed by atoms with E-state index in [1.54, 1.807) is 37.0 Å². The fourth-order valence-electron chi connectivity index (χ4n) is 3.48. The summed E-state index contributed by atoms with van der Waals surface area (Å²) in [6, 6.07) is 5.12. The van der Waals surface area contributed by atoms with Crippen LogP contribution in [0.5, 0.6) is 0 Å². The summed E-state index contributed by atoms with van der Waals surface area (Å²) in [5.74, 6) is -0.401. The van der Waals surface area contributed by atoms with Gasteiger partial charge in [0.15, 0.2) is 0 Å². The zero-order valence-corrected chi connectivity index (χ0v) is 18.1. The van der Waals surface area contributed by atoms with Crippen molar-refractivity contribution in [1.29, 1.82) is 0 Å². The van der Waals surface area contributed by atoms with Gasteiger partial charge >= 0.3 is 12.2 Å². The minimum Gasteiger partial charge on any atom is -0.452 e. The number of nitrogens with two attached hydrogens (primary N) is 1. The molecule has 0 aliphatic carbocycles. The number of carbonyl (C=O) groups is 3. The van der Waals surface area contributed by atoms with Crippen LogP contribution in [0.3, 0.4) is 0 Å². The van der Waals surface area contributed by atoms with Gasteiger partial charge in [0.05, 0.1) is 43.4 Å². The molecule has 0 spiro atoms. The van der Waals surface area contributed by atoms with Gasteiger partial charge in [0, 0.05) is 24.7 Å². The lowest BCUT2D eigenvalue weighted by Crippen LogP contribution is -2.52. The van der Waals surface area contributed by atoms with E-state index in [9.17, 15) is 14.4 Å². The molecule has 0 saturated carbocycles. The molecule has 166 valence electrons. The van der Waals surface area contributed by atoms with E-state index >= 15 is 0 Å². The summed E-state index contributed by atoms with van der Waals surface area (Å²) in [7, 11) is 1.32. The number of rotatable bonds is 5. The van der Waals surface area contributed by atoms with Gasteiger partial charge in [-0.1, -0.05) is 6.07 Å². The van der Waals surface area contributed by atoms with Crippen molar-refractivity contribution < 1.29 is 23.9 Å². The molecule has 1 aromatic carbocycles. The third kappa shape index (κ3) is 4.79. The molecule has 1 atom stereocenters. The van der Waals surface area contributed by atoms with Crippen LogP contribution in [0.25, 0.3) is 11.1 Å². The van der Waals surface area contributed by atoms with Crippen LogP contribution in [0.15, 0.2) is 30.6 Å². The molecule has 3 rings (SSSR count). The number of fused-ring (bicyclic) bond motifs is 1. The molecular weight excluding hydrogens is 402 g/mol. The third-order valence-corrected chi connectivity index (χ3v) is 4.90. The number of benzene rings is 1. The van der Waals surface area contributed by atoms with Crippen LogP contribution >= 0.6 is 0 Å². The van der Waals surface area contributed by atoms with Gasteiger partial charge in [-0.2, -0.15) is 5.10 Å². The number of ether oxygens (including phenoxy) is 2. The van der Waals surface area contributed by atoms with Gasteiger partial charge in [0.25, 0.3) is 0 Å². The van der Waals surface area contributed by atoms with E-state index in [0.29, 0.717) is 17.9 Å². The summed E-state index contributed by atoms with van der Waals surface area (Å²) in [5, 5.41) is 4.26. The highest BCUT2D eigenvalue weighted by Crippen LogP contribution is 2.39. The van der Waals surface area contributed by atoms with Crippen LogP contribution in [0, 0.1) is 0 Å². The third-order valence-electron chi connectivity index (χ3n) is 4.90. The van der Waals surface area contributed by atoms with Crippen molar-refractivity contribution in [3.05, 3.63) is 30.6 Å². The highest BCUT2D eigenvalue weighted by atomic mass is 16.6. The molecule has 31 heavy (non-hydrogen) atoms. The number of carbonyl (C=O) groups excluding carboxylic acids is 3. The monoisotopic (exact) mass is 429 g/mol. The standard InChI is InChI=1S/C21H27N5O5/c1-13(2)31-20(28)25-11-14(3)26(21(29)30-4)17-6-5-15(9-18(17)25)16-10-23-24(12-16)8-7-19(22)27/h5-6,9-10,12-14H,7-8,11H2,1-4H3,(H2,22,27)/t14-/m0/s1. The molecule has 10 heteroatoms. The molecule has 2 N–H and O–H groups in total. The molecule has 1 aromatic heterocycles. The summed E-state index contributed by atoms with van der Waals surface area (Å²) >= 11 is 0. The maximum atomic E-state index is 12.8. The SMILES string of the molecule is COC(=O)N1c2ccc(-c3cnn(CCC(N)=O)c3)cc2N(C(=O)OC(C)C)C[C@@H]1C. The van der Waals surface area contributed by atoms with Crippen molar-refractivity contribution in [2.75, 3.05) is 23.5 Å². The van der Waals surface area contributed by atoms with Gasteiger partial charge in [0.1, 0.15) is 0 Å². The smallest absolute Gasteiger partial charge is 0.414 e. The number of methoxy groups -OCH3 is 1. The highest BCUT2D eigenvalue weighted by Gasteiger charge is 2.36. The van der Waals surface area contributed by atoms with Crippen molar-refractivity contribution in [3.8, 4) is 11.1 Å². The Morgan fingerprint density at radius 1 is 1.19 bits per heavy atom. The number of aryl methyl sites for hydroxylation is 1. The number of anilines is 2. The fourth-order valence-corrected chi connectivity index (χ4v) is 3.48. The summed E-state index contributed by atoms with van der Waals surface area (Å²) < 4.78 is 12.0. The van der Waals surface area contributed by atoms with Crippen molar-refractivity contribution >= 4 is 29.5 Å². The van der Waals surface area contributed by atoms with Gasteiger partial charge in [-0.25, -0.2) is 9.59 Å². The molecule has 3 amide bonds. The van der Waals surface area contributed by atoms with E-state index in [-0.39, 0.29) is 25.1 Å². The Labute approximate surface area is 180 Å². The number of hydrogen-bond acceptors (Lipinski definition) is 6. The van der Waals surface area contributed by atoms with Crippen molar-refractivity contribution in [1.82, 2.24) is 9.78 Å². The first-order valence-corrected chi connectivity index (χ1v) is 10.0. The lowest BCUT2D eigenvalue weighted by Gasteiger charge is -2.40. The topological polar surface area (TPSA) is 120 Å². The molecule has 0 unspecified atom stereocenters. The first-order chi connectivity index (χ1) is 14.7.